The Balaban J connectivity index is 4.03. The van der Waals surface area contributed by atoms with E-state index in [9.17, 15) is 25.3 Å². The Hall–Kier alpha value is -1.25. The number of hydrogen-bond acceptors (Lipinski definition) is 7. The van der Waals surface area contributed by atoms with Crippen molar-refractivity contribution in [1.82, 2.24) is 0 Å². The molecule has 0 saturated carbocycles. The maximum Gasteiger partial charge on any atom is 0.298 e. The average molecular weight is 333 g/mol. The van der Waals surface area contributed by atoms with Crippen LogP contribution in [0.15, 0.2) is 26.8 Å². The van der Waals surface area contributed by atoms with E-state index in [2.05, 4.69) is 0 Å². The van der Waals surface area contributed by atoms with E-state index in [0.717, 1.165) is 0 Å². The van der Waals surface area contributed by atoms with E-state index < -0.39 is 50.7 Å². The summed E-state index contributed by atoms with van der Waals surface area (Å²) >= 11 is 0. The third kappa shape index (κ3) is 3.20. The number of rotatable bonds is 3. The van der Waals surface area contributed by atoms with Crippen molar-refractivity contribution in [1.29, 1.82) is 0 Å². The van der Waals surface area contributed by atoms with Crippen molar-refractivity contribution in [3.63, 3.8) is 0 Å². The van der Waals surface area contributed by atoms with E-state index in [1.807, 2.05) is 0 Å². The second-order valence-corrected chi connectivity index (χ2v) is 7.37. The van der Waals surface area contributed by atoms with E-state index in [1.165, 1.54) is 0 Å². The summed E-state index contributed by atoms with van der Waals surface area (Å²) in [7, 11) is -15.3. The van der Waals surface area contributed by atoms with Crippen LogP contribution >= 0.6 is 0 Å². The maximum absolute atomic E-state index is 11.0. The highest BCUT2D eigenvalue weighted by Crippen LogP contribution is 2.32. The van der Waals surface area contributed by atoms with Crippen LogP contribution in [0, 0.1) is 0 Å². The first-order valence-electron chi connectivity index (χ1n) is 4.11. The van der Waals surface area contributed by atoms with Crippen LogP contribution in [0.5, 0.6) is 0 Å². The summed E-state index contributed by atoms with van der Waals surface area (Å²) in [5, 5.41) is 0. The standard InChI is InChI=1S/C6H7NO9S3/c7-5-3(17(8,9)10)1-2-4(18(11,12)13)6(5)19(14,15)16/h1-2H,7H2,(H,8,9,10)(H,11,12,13)(H,14,15,16). The molecule has 0 aliphatic carbocycles. The van der Waals surface area contributed by atoms with Crippen molar-refractivity contribution in [2.75, 3.05) is 5.73 Å². The smallest absolute Gasteiger partial charge is 0.298 e. The number of hydrogen-bond donors (Lipinski definition) is 4. The van der Waals surface area contributed by atoms with E-state index in [4.69, 9.17) is 19.4 Å². The van der Waals surface area contributed by atoms with Gasteiger partial charge in [-0.25, -0.2) is 0 Å². The Kier molecular flexibility index (Phi) is 3.66. The van der Waals surface area contributed by atoms with Gasteiger partial charge in [0.05, 0.1) is 5.69 Å². The van der Waals surface area contributed by atoms with Crippen LogP contribution in [0.1, 0.15) is 0 Å². The third-order valence-electron chi connectivity index (χ3n) is 1.93. The van der Waals surface area contributed by atoms with E-state index in [1.54, 1.807) is 0 Å². The Morgan fingerprint density at radius 2 is 1.11 bits per heavy atom. The first kappa shape index (κ1) is 15.8. The Labute approximate surface area is 108 Å². The largest absolute Gasteiger partial charge is 0.396 e. The molecule has 5 N–H and O–H groups in total. The molecule has 13 heteroatoms. The Morgan fingerprint density at radius 1 is 0.737 bits per heavy atom. The molecule has 1 rings (SSSR count). The van der Waals surface area contributed by atoms with Gasteiger partial charge in [-0.05, 0) is 12.1 Å². The van der Waals surface area contributed by atoms with Crippen molar-refractivity contribution in [3.05, 3.63) is 12.1 Å². The van der Waals surface area contributed by atoms with Gasteiger partial charge < -0.3 is 5.73 Å². The summed E-state index contributed by atoms with van der Waals surface area (Å²) in [6, 6.07) is 0.820. The van der Waals surface area contributed by atoms with Crippen LogP contribution < -0.4 is 5.73 Å². The van der Waals surface area contributed by atoms with Crippen LogP contribution in [0.2, 0.25) is 0 Å². The van der Waals surface area contributed by atoms with Gasteiger partial charge in [-0.3, -0.25) is 13.7 Å². The summed E-state index contributed by atoms with van der Waals surface area (Å²) in [6.07, 6.45) is 0. The second kappa shape index (κ2) is 4.39. The minimum atomic E-state index is -5.27. The first-order valence-corrected chi connectivity index (χ1v) is 8.43. The third-order valence-corrected chi connectivity index (χ3v) is 4.83. The van der Waals surface area contributed by atoms with Crippen molar-refractivity contribution >= 4 is 36.0 Å². The molecule has 0 radical (unpaired) electrons. The lowest BCUT2D eigenvalue weighted by Crippen LogP contribution is -2.14. The molecule has 0 amide bonds. The van der Waals surface area contributed by atoms with Gasteiger partial charge >= 0.3 is 0 Å². The van der Waals surface area contributed by atoms with Crippen molar-refractivity contribution in [2.45, 2.75) is 14.7 Å². The topological polar surface area (TPSA) is 189 Å². The minimum Gasteiger partial charge on any atom is -0.396 e. The monoisotopic (exact) mass is 333 g/mol. The van der Waals surface area contributed by atoms with Gasteiger partial charge in [0.15, 0.2) is 0 Å². The summed E-state index contributed by atoms with van der Waals surface area (Å²) in [5.74, 6) is 0. The lowest BCUT2D eigenvalue weighted by atomic mass is 10.3. The van der Waals surface area contributed by atoms with Crippen LogP contribution in [0.3, 0.4) is 0 Å². The predicted molar refractivity (Wildman–Crippen MR) is 60.3 cm³/mol. The summed E-state index contributed by atoms with van der Waals surface area (Å²) < 4.78 is 92.0. The van der Waals surface area contributed by atoms with Gasteiger partial charge in [0, 0.05) is 0 Å². The molecule has 19 heavy (non-hydrogen) atoms. The highest BCUT2D eigenvalue weighted by atomic mass is 32.2. The van der Waals surface area contributed by atoms with Crippen molar-refractivity contribution < 1.29 is 38.9 Å². The van der Waals surface area contributed by atoms with Crippen LogP contribution in [-0.2, 0) is 30.4 Å². The lowest BCUT2D eigenvalue weighted by Gasteiger charge is -2.10. The molecule has 0 aromatic heterocycles. The molecular formula is C6H7NO9S3. The first-order chi connectivity index (χ1) is 8.26. The fraction of sp³-hybridized carbons (Fsp3) is 0. The molecule has 1 aromatic rings. The number of benzene rings is 1. The number of nitrogen functional groups attached to an aromatic ring is 1. The van der Waals surface area contributed by atoms with Gasteiger partial charge in [0.2, 0.25) is 0 Å². The normalized spacial score (nSPS) is 13.4. The Bertz CT molecular complexity index is 834. The molecule has 1 aromatic carbocycles. The molecule has 0 bridgehead atoms. The van der Waals surface area contributed by atoms with Gasteiger partial charge in [-0.1, -0.05) is 0 Å². The molecule has 108 valence electrons. The predicted octanol–water partition coefficient (Wildman–Crippen LogP) is -0.991. The van der Waals surface area contributed by atoms with Crippen molar-refractivity contribution in [2.24, 2.45) is 0 Å². The zero-order valence-corrected chi connectivity index (χ0v) is 11.2. The fourth-order valence-electron chi connectivity index (χ4n) is 1.26. The molecule has 0 saturated heterocycles. The molecule has 0 heterocycles. The Morgan fingerprint density at radius 3 is 1.42 bits per heavy atom. The minimum absolute atomic E-state index is 0.359. The summed E-state index contributed by atoms with van der Waals surface area (Å²) in [6.45, 7) is 0. The van der Waals surface area contributed by atoms with E-state index in [0.29, 0.717) is 12.1 Å². The number of anilines is 1. The van der Waals surface area contributed by atoms with Crippen LogP contribution in [0.25, 0.3) is 0 Å². The number of nitrogens with two attached hydrogens (primary N) is 1. The molecular weight excluding hydrogens is 326 g/mol. The highest BCUT2D eigenvalue weighted by Gasteiger charge is 2.30. The van der Waals surface area contributed by atoms with Crippen molar-refractivity contribution in [3.8, 4) is 0 Å². The zero-order valence-electron chi connectivity index (χ0n) is 8.75. The SMILES string of the molecule is Nc1c(S(=O)(=O)O)ccc(S(=O)(=O)O)c1S(=O)(=O)O. The summed E-state index contributed by atoms with van der Waals surface area (Å²) in [5.41, 5.74) is 3.86. The fourth-order valence-corrected chi connectivity index (χ4v) is 3.87. The van der Waals surface area contributed by atoms with Gasteiger partial charge in [0.1, 0.15) is 14.7 Å². The maximum atomic E-state index is 11.0. The zero-order chi connectivity index (χ0) is 15.2. The molecule has 0 aliphatic rings. The van der Waals surface area contributed by atoms with Gasteiger partial charge in [-0.2, -0.15) is 25.3 Å². The molecule has 0 atom stereocenters. The quantitative estimate of drug-likeness (QED) is 0.394. The van der Waals surface area contributed by atoms with E-state index >= 15 is 0 Å². The van der Waals surface area contributed by atoms with E-state index in [-0.39, 0.29) is 0 Å². The summed E-state index contributed by atoms with van der Waals surface area (Å²) in [4.78, 5) is -3.99. The highest BCUT2D eigenvalue weighted by molar-refractivity contribution is 7.89. The molecule has 0 aliphatic heterocycles. The van der Waals surface area contributed by atoms with Gasteiger partial charge in [0.25, 0.3) is 30.4 Å². The second-order valence-electron chi connectivity index (χ2n) is 3.23. The average Bonchev–Trinajstić information content (AvgIpc) is 2.11. The molecule has 0 unspecified atom stereocenters. The lowest BCUT2D eigenvalue weighted by molar-refractivity contribution is 0.465. The van der Waals surface area contributed by atoms with Crippen LogP contribution in [-0.4, -0.2) is 38.9 Å². The van der Waals surface area contributed by atoms with Crippen LogP contribution in [0.4, 0.5) is 5.69 Å². The molecule has 0 spiro atoms. The molecule has 10 nitrogen and oxygen atoms in total. The molecule has 0 fully saturated rings. The van der Waals surface area contributed by atoms with Gasteiger partial charge in [-0.15, -0.1) is 0 Å².